The minimum atomic E-state index is 0.219. The Balaban J connectivity index is 1.36. The van der Waals surface area contributed by atoms with Gasteiger partial charge in [0.2, 0.25) is 5.91 Å². The molecule has 6 nitrogen and oxygen atoms in total. The lowest BCUT2D eigenvalue weighted by atomic mass is 9.72. The third-order valence-corrected chi connectivity index (χ3v) is 6.31. The Bertz CT molecular complexity index is 910. The molecule has 150 valence electrons. The van der Waals surface area contributed by atoms with Gasteiger partial charge in [0.15, 0.2) is 0 Å². The quantitative estimate of drug-likeness (QED) is 0.804. The number of nitriles is 1. The summed E-state index contributed by atoms with van der Waals surface area (Å²) in [6, 6.07) is 10.1. The summed E-state index contributed by atoms with van der Waals surface area (Å²) < 4.78 is 0. The van der Waals surface area contributed by atoms with Crippen LogP contribution in [-0.4, -0.2) is 45.3 Å². The zero-order chi connectivity index (χ0) is 20.3. The predicted octanol–water partition coefficient (Wildman–Crippen LogP) is 3.06. The third kappa shape index (κ3) is 4.63. The van der Waals surface area contributed by atoms with Crippen molar-refractivity contribution < 1.29 is 4.79 Å². The van der Waals surface area contributed by atoms with E-state index in [1.165, 1.54) is 5.56 Å². The standard InChI is InChI=1S/C23H27N5O/c1-18-13-26-21(14-25-18)16-28-17-23(6-5-22(28)29)7-9-27(10-8-23)15-20-4-2-3-19(11-20)12-24/h2-4,11,13-14H,5-10,15-17H2,1H3. The van der Waals surface area contributed by atoms with Gasteiger partial charge in [-0.2, -0.15) is 5.26 Å². The van der Waals surface area contributed by atoms with Crippen molar-refractivity contribution in [1.82, 2.24) is 19.8 Å². The van der Waals surface area contributed by atoms with Gasteiger partial charge in [0, 0.05) is 25.7 Å². The van der Waals surface area contributed by atoms with Crippen molar-refractivity contribution in [2.75, 3.05) is 19.6 Å². The first-order valence-electron chi connectivity index (χ1n) is 10.3. The number of benzene rings is 1. The van der Waals surface area contributed by atoms with E-state index in [0.717, 1.165) is 62.4 Å². The molecule has 29 heavy (non-hydrogen) atoms. The van der Waals surface area contributed by atoms with Crippen molar-refractivity contribution in [1.29, 1.82) is 5.26 Å². The minimum Gasteiger partial charge on any atom is -0.336 e. The highest BCUT2D eigenvalue weighted by atomic mass is 16.2. The van der Waals surface area contributed by atoms with Crippen LogP contribution in [0.2, 0.25) is 0 Å². The molecule has 2 saturated heterocycles. The van der Waals surface area contributed by atoms with Gasteiger partial charge in [-0.3, -0.25) is 19.7 Å². The van der Waals surface area contributed by atoms with E-state index < -0.39 is 0 Å². The highest BCUT2D eigenvalue weighted by Gasteiger charge is 2.40. The summed E-state index contributed by atoms with van der Waals surface area (Å²) >= 11 is 0. The van der Waals surface area contributed by atoms with Crippen LogP contribution in [0.3, 0.4) is 0 Å². The van der Waals surface area contributed by atoms with Crippen LogP contribution in [0.15, 0.2) is 36.7 Å². The molecule has 1 aromatic carbocycles. The van der Waals surface area contributed by atoms with E-state index in [1.54, 1.807) is 12.4 Å². The Kier molecular flexibility index (Phi) is 5.59. The average molecular weight is 390 g/mol. The van der Waals surface area contributed by atoms with Gasteiger partial charge in [-0.1, -0.05) is 12.1 Å². The second-order valence-corrected chi connectivity index (χ2v) is 8.49. The van der Waals surface area contributed by atoms with Gasteiger partial charge in [0.1, 0.15) is 0 Å². The van der Waals surface area contributed by atoms with Gasteiger partial charge in [0.25, 0.3) is 0 Å². The van der Waals surface area contributed by atoms with Crippen LogP contribution in [0.5, 0.6) is 0 Å². The monoisotopic (exact) mass is 389 g/mol. The average Bonchev–Trinajstić information content (AvgIpc) is 2.74. The predicted molar refractivity (Wildman–Crippen MR) is 110 cm³/mol. The molecule has 1 amide bonds. The molecule has 4 rings (SSSR count). The number of hydrogen-bond donors (Lipinski definition) is 0. The fourth-order valence-electron chi connectivity index (χ4n) is 4.53. The number of hydrogen-bond acceptors (Lipinski definition) is 5. The number of likely N-dealkylation sites (tertiary alicyclic amines) is 2. The fraction of sp³-hybridized carbons (Fsp3) is 0.478. The first-order chi connectivity index (χ1) is 14.0. The molecule has 0 aliphatic carbocycles. The molecular formula is C23H27N5O. The molecule has 2 aliphatic rings. The number of aryl methyl sites for hydroxylation is 1. The van der Waals surface area contributed by atoms with E-state index in [0.29, 0.717) is 13.0 Å². The number of nitrogens with zero attached hydrogens (tertiary/aromatic N) is 5. The van der Waals surface area contributed by atoms with Crippen LogP contribution in [0.4, 0.5) is 0 Å². The lowest BCUT2D eigenvalue weighted by molar-refractivity contribution is -0.140. The second-order valence-electron chi connectivity index (χ2n) is 8.49. The first kappa shape index (κ1) is 19.5. The summed E-state index contributed by atoms with van der Waals surface area (Å²) in [5.41, 5.74) is 3.88. The molecule has 0 radical (unpaired) electrons. The lowest BCUT2D eigenvalue weighted by Gasteiger charge is -2.47. The molecule has 0 saturated carbocycles. The van der Waals surface area contributed by atoms with Crippen molar-refractivity contribution >= 4 is 5.91 Å². The SMILES string of the molecule is Cc1cnc(CN2CC3(CCC2=O)CCN(Cc2cccc(C#N)c2)CC3)cn1. The first-order valence-corrected chi connectivity index (χ1v) is 10.3. The van der Waals surface area contributed by atoms with Crippen molar-refractivity contribution in [3.05, 3.63) is 59.2 Å². The molecule has 3 heterocycles. The van der Waals surface area contributed by atoms with E-state index >= 15 is 0 Å². The van der Waals surface area contributed by atoms with Crippen LogP contribution in [0.25, 0.3) is 0 Å². The number of rotatable bonds is 4. The fourth-order valence-corrected chi connectivity index (χ4v) is 4.53. The number of aromatic nitrogens is 2. The maximum Gasteiger partial charge on any atom is 0.222 e. The minimum absolute atomic E-state index is 0.219. The van der Waals surface area contributed by atoms with Crippen LogP contribution in [0, 0.1) is 23.7 Å². The maximum absolute atomic E-state index is 12.5. The molecule has 1 aromatic heterocycles. The summed E-state index contributed by atoms with van der Waals surface area (Å²) in [6.45, 7) is 6.24. The van der Waals surface area contributed by atoms with Crippen molar-refractivity contribution in [2.24, 2.45) is 5.41 Å². The van der Waals surface area contributed by atoms with Crippen molar-refractivity contribution in [2.45, 2.75) is 45.7 Å². The van der Waals surface area contributed by atoms with Crippen LogP contribution < -0.4 is 0 Å². The zero-order valence-corrected chi connectivity index (χ0v) is 17.0. The molecule has 0 unspecified atom stereocenters. The second kappa shape index (κ2) is 8.30. The topological polar surface area (TPSA) is 73.1 Å². The van der Waals surface area contributed by atoms with Crippen molar-refractivity contribution in [3.63, 3.8) is 0 Å². The number of carbonyl (C=O) groups excluding carboxylic acids is 1. The molecule has 2 fully saturated rings. The lowest BCUT2D eigenvalue weighted by Crippen LogP contribution is -2.51. The normalized spacial score (nSPS) is 19.3. The van der Waals surface area contributed by atoms with Gasteiger partial charge in [-0.15, -0.1) is 0 Å². The molecule has 0 N–H and O–H groups in total. The summed E-state index contributed by atoms with van der Waals surface area (Å²) in [4.78, 5) is 25.7. The largest absolute Gasteiger partial charge is 0.336 e. The maximum atomic E-state index is 12.5. The Hall–Kier alpha value is -2.78. The molecule has 0 bridgehead atoms. The van der Waals surface area contributed by atoms with Crippen LogP contribution in [0.1, 0.15) is 48.2 Å². The van der Waals surface area contributed by atoms with E-state index in [4.69, 9.17) is 5.26 Å². The highest BCUT2D eigenvalue weighted by Crippen LogP contribution is 2.40. The van der Waals surface area contributed by atoms with E-state index in [-0.39, 0.29) is 11.3 Å². The molecule has 0 atom stereocenters. The Morgan fingerprint density at radius 1 is 1.14 bits per heavy atom. The summed E-state index contributed by atoms with van der Waals surface area (Å²) in [5, 5.41) is 9.10. The van der Waals surface area contributed by atoms with Crippen molar-refractivity contribution in [3.8, 4) is 6.07 Å². The molecule has 2 aliphatic heterocycles. The molecule has 6 heteroatoms. The summed E-state index contributed by atoms with van der Waals surface area (Å²) in [7, 11) is 0. The summed E-state index contributed by atoms with van der Waals surface area (Å²) in [6.07, 6.45) is 7.37. The van der Waals surface area contributed by atoms with E-state index in [9.17, 15) is 4.79 Å². The Morgan fingerprint density at radius 3 is 2.69 bits per heavy atom. The van der Waals surface area contributed by atoms with Crippen LogP contribution >= 0.6 is 0 Å². The summed E-state index contributed by atoms with van der Waals surface area (Å²) in [5.74, 6) is 0.230. The van der Waals surface area contributed by atoms with Gasteiger partial charge in [0.05, 0.1) is 35.8 Å². The van der Waals surface area contributed by atoms with E-state index in [1.807, 2.05) is 30.0 Å². The van der Waals surface area contributed by atoms with Gasteiger partial charge in [-0.05, 0) is 62.4 Å². The zero-order valence-electron chi connectivity index (χ0n) is 17.0. The number of carbonyl (C=O) groups is 1. The third-order valence-electron chi connectivity index (χ3n) is 6.31. The Labute approximate surface area is 172 Å². The van der Waals surface area contributed by atoms with Gasteiger partial charge < -0.3 is 4.90 Å². The number of amides is 1. The highest BCUT2D eigenvalue weighted by molar-refractivity contribution is 5.77. The Morgan fingerprint density at radius 2 is 1.97 bits per heavy atom. The van der Waals surface area contributed by atoms with Crippen LogP contribution in [-0.2, 0) is 17.9 Å². The smallest absolute Gasteiger partial charge is 0.222 e. The van der Waals surface area contributed by atoms with Gasteiger partial charge >= 0.3 is 0 Å². The molecular weight excluding hydrogens is 362 g/mol. The molecule has 1 spiro atoms. The molecule has 2 aromatic rings. The van der Waals surface area contributed by atoms with E-state index in [2.05, 4.69) is 27.0 Å². The number of piperidine rings is 2. The van der Waals surface area contributed by atoms with Gasteiger partial charge in [-0.25, -0.2) is 0 Å².